The number of benzene rings is 1. The number of amides is 1. The first-order valence-electron chi connectivity index (χ1n) is 11.2. The van der Waals surface area contributed by atoms with Gasteiger partial charge in [-0.3, -0.25) is 14.7 Å². The molecule has 2 aliphatic heterocycles. The molecule has 214 valence electrons. The maximum atomic E-state index is 12.7. The van der Waals surface area contributed by atoms with E-state index in [0.29, 0.717) is 18.4 Å². The van der Waals surface area contributed by atoms with Crippen LogP contribution >= 0.6 is 0 Å². The van der Waals surface area contributed by atoms with Crippen molar-refractivity contribution in [2.24, 2.45) is 11.8 Å². The predicted molar refractivity (Wildman–Crippen MR) is 122 cm³/mol. The zero-order valence-electron chi connectivity index (χ0n) is 20.4. The van der Waals surface area contributed by atoms with Crippen molar-refractivity contribution in [3.63, 3.8) is 0 Å². The molecule has 15 heteroatoms. The lowest BCUT2D eigenvalue weighted by Crippen LogP contribution is -2.32. The van der Waals surface area contributed by atoms with E-state index in [-0.39, 0.29) is 5.92 Å². The van der Waals surface area contributed by atoms with Gasteiger partial charge in [0.2, 0.25) is 5.91 Å². The second kappa shape index (κ2) is 13.3. The standard InChI is InChI=1S/C20H23N3O2.2C2HF3O2/c1-25-18-4-2-15(3-5-18)10-22-12-17-13-23(20(24)19(17)14-22)11-16-6-8-21-9-7-16;2*3-2(4,5)1(6)7/h2-9,17,19H,10-14H2,1H3;2*(H,6,7)/t17-,19-;;/m0../s1. The Labute approximate surface area is 218 Å². The highest BCUT2D eigenvalue weighted by atomic mass is 19.4. The zero-order chi connectivity index (χ0) is 29.4. The van der Waals surface area contributed by atoms with Gasteiger partial charge >= 0.3 is 24.3 Å². The van der Waals surface area contributed by atoms with Crippen molar-refractivity contribution in [3.8, 4) is 5.75 Å². The van der Waals surface area contributed by atoms with Crippen molar-refractivity contribution in [2.45, 2.75) is 25.4 Å². The monoisotopic (exact) mass is 565 g/mol. The number of halogens is 6. The fourth-order valence-corrected chi connectivity index (χ4v) is 4.00. The molecule has 3 heterocycles. The van der Waals surface area contributed by atoms with Crippen LogP contribution in [0, 0.1) is 11.8 Å². The van der Waals surface area contributed by atoms with E-state index in [1.807, 2.05) is 29.2 Å². The molecule has 2 atom stereocenters. The van der Waals surface area contributed by atoms with Crippen LogP contribution in [-0.2, 0) is 27.5 Å². The molecule has 9 nitrogen and oxygen atoms in total. The molecule has 2 N–H and O–H groups in total. The van der Waals surface area contributed by atoms with Gasteiger partial charge in [-0.1, -0.05) is 12.1 Å². The van der Waals surface area contributed by atoms with E-state index < -0.39 is 24.3 Å². The Morgan fingerprint density at radius 2 is 1.36 bits per heavy atom. The van der Waals surface area contributed by atoms with Crippen molar-refractivity contribution >= 4 is 17.8 Å². The molecule has 0 unspecified atom stereocenters. The highest BCUT2D eigenvalue weighted by Crippen LogP contribution is 2.33. The number of carboxylic acids is 2. The molecule has 0 radical (unpaired) electrons. The average Bonchev–Trinajstić information content (AvgIpc) is 3.37. The Kier molecular flexibility index (Phi) is 10.7. The summed E-state index contributed by atoms with van der Waals surface area (Å²) in [6.07, 6.45) is -6.60. The summed E-state index contributed by atoms with van der Waals surface area (Å²) in [6, 6.07) is 12.2. The summed E-state index contributed by atoms with van der Waals surface area (Å²) in [7, 11) is 1.68. The normalized spacial score (nSPS) is 18.8. The molecular weight excluding hydrogens is 540 g/mol. The number of methoxy groups -OCH3 is 1. The number of nitrogens with zero attached hydrogens (tertiary/aromatic N) is 3. The average molecular weight is 565 g/mol. The number of pyridine rings is 1. The van der Waals surface area contributed by atoms with E-state index in [1.54, 1.807) is 19.5 Å². The van der Waals surface area contributed by atoms with Crippen molar-refractivity contribution in [3.05, 3.63) is 59.9 Å². The molecule has 4 rings (SSSR count). The van der Waals surface area contributed by atoms with Crippen LogP contribution in [0.2, 0.25) is 0 Å². The van der Waals surface area contributed by atoms with Gasteiger partial charge in [0.1, 0.15) is 5.75 Å². The van der Waals surface area contributed by atoms with E-state index in [2.05, 4.69) is 22.0 Å². The fraction of sp³-hybridized carbons (Fsp3) is 0.417. The van der Waals surface area contributed by atoms with Crippen LogP contribution in [0.25, 0.3) is 0 Å². The molecule has 1 amide bonds. The maximum Gasteiger partial charge on any atom is 0.490 e. The maximum absolute atomic E-state index is 12.7. The summed E-state index contributed by atoms with van der Waals surface area (Å²) in [4.78, 5) is 39.0. The molecule has 1 aromatic carbocycles. The molecule has 0 aliphatic carbocycles. The number of likely N-dealkylation sites (tertiary alicyclic amines) is 2. The van der Waals surface area contributed by atoms with Crippen LogP contribution in [0.1, 0.15) is 11.1 Å². The number of alkyl halides is 6. The Hall–Kier alpha value is -3.88. The molecule has 2 aliphatic rings. The SMILES string of the molecule is COc1ccc(CN2C[C@H]3CN(Cc4ccncc4)C(=O)[C@H]3C2)cc1.O=C(O)C(F)(F)F.O=C(O)C(F)(F)F. The van der Waals surface area contributed by atoms with E-state index in [1.165, 1.54) is 5.56 Å². The summed E-state index contributed by atoms with van der Waals surface area (Å²) in [6.45, 7) is 4.32. The van der Waals surface area contributed by atoms with Gasteiger partial charge in [-0.05, 0) is 35.4 Å². The molecule has 2 aromatic rings. The molecule has 2 fully saturated rings. The topological polar surface area (TPSA) is 120 Å². The van der Waals surface area contributed by atoms with Crippen LogP contribution in [-0.4, -0.2) is 81.9 Å². The molecule has 0 bridgehead atoms. The summed E-state index contributed by atoms with van der Waals surface area (Å²) >= 11 is 0. The zero-order valence-corrected chi connectivity index (χ0v) is 20.4. The number of aromatic nitrogens is 1. The highest BCUT2D eigenvalue weighted by Gasteiger charge is 2.45. The second-order valence-electron chi connectivity index (χ2n) is 8.59. The van der Waals surface area contributed by atoms with E-state index >= 15 is 0 Å². The Morgan fingerprint density at radius 3 is 1.79 bits per heavy atom. The van der Waals surface area contributed by atoms with Gasteiger partial charge in [0.15, 0.2) is 0 Å². The molecule has 0 spiro atoms. The van der Waals surface area contributed by atoms with E-state index in [0.717, 1.165) is 37.5 Å². The van der Waals surface area contributed by atoms with Crippen LogP contribution in [0.5, 0.6) is 5.75 Å². The number of ether oxygens (including phenoxy) is 1. The largest absolute Gasteiger partial charge is 0.497 e. The van der Waals surface area contributed by atoms with Gasteiger partial charge in [-0.25, -0.2) is 9.59 Å². The minimum Gasteiger partial charge on any atom is -0.497 e. The number of hydrogen-bond acceptors (Lipinski definition) is 6. The van der Waals surface area contributed by atoms with Gasteiger partial charge in [0, 0.05) is 51.0 Å². The number of hydrogen-bond donors (Lipinski definition) is 2. The van der Waals surface area contributed by atoms with E-state index in [4.69, 9.17) is 24.5 Å². The first-order valence-corrected chi connectivity index (χ1v) is 11.2. The van der Waals surface area contributed by atoms with Crippen LogP contribution in [0.4, 0.5) is 26.3 Å². The third kappa shape index (κ3) is 9.74. The fourth-order valence-electron chi connectivity index (χ4n) is 4.00. The van der Waals surface area contributed by atoms with Crippen molar-refractivity contribution in [1.29, 1.82) is 0 Å². The van der Waals surface area contributed by atoms with E-state index in [9.17, 15) is 31.1 Å². The molecule has 1 aromatic heterocycles. The summed E-state index contributed by atoms with van der Waals surface area (Å²) in [5.41, 5.74) is 2.42. The van der Waals surface area contributed by atoms with Gasteiger partial charge in [-0.2, -0.15) is 26.3 Å². The molecular formula is C24H25F6N3O6. The van der Waals surface area contributed by atoms with Crippen LogP contribution < -0.4 is 4.74 Å². The highest BCUT2D eigenvalue weighted by molar-refractivity contribution is 5.82. The molecule has 39 heavy (non-hydrogen) atoms. The number of carbonyl (C=O) groups excluding carboxylic acids is 1. The molecule has 0 saturated carbocycles. The third-order valence-electron chi connectivity index (χ3n) is 5.77. The first kappa shape index (κ1) is 31.3. The molecule has 2 saturated heterocycles. The van der Waals surface area contributed by atoms with Crippen molar-refractivity contribution in [1.82, 2.24) is 14.8 Å². The van der Waals surface area contributed by atoms with Crippen LogP contribution in [0.15, 0.2) is 48.8 Å². The van der Waals surface area contributed by atoms with Crippen molar-refractivity contribution in [2.75, 3.05) is 26.7 Å². The Balaban J connectivity index is 0.000000317. The van der Waals surface area contributed by atoms with Gasteiger partial charge in [0.05, 0.1) is 13.0 Å². The summed E-state index contributed by atoms with van der Waals surface area (Å²) in [5.74, 6) is -3.73. The summed E-state index contributed by atoms with van der Waals surface area (Å²) < 4.78 is 68.7. The number of carbonyl (C=O) groups is 3. The number of rotatable bonds is 5. The lowest BCUT2D eigenvalue weighted by molar-refractivity contribution is -0.193. The second-order valence-corrected chi connectivity index (χ2v) is 8.59. The lowest BCUT2D eigenvalue weighted by atomic mass is 10.0. The predicted octanol–water partition coefficient (Wildman–Crippen LogP) is 3.45. The Morgan fingerprint density at radius 1 is 0.872 bits per heavy atom. The number of carboxylic acid groups (broad SMARTS) is 2. The quantitative estimate of drug-likeness (QED) is 0.530. The lowest BCUT2D eigenvalue weighted by Gasteiger charge is -2.22. The smallest absolute Gasteiger partial charge is 0.490 e. The van der Waals surface area contributed by atoms with Gasteiger partial charge in [0.25, 0.3) is 0 Å². The van der Waals surface area contributed by atoms with Gasteiger partial charge in [-0.15, -0.1) is 0 Å². The minimum absolute atomic E-state index is 0.153. The van der Waals surface area contributed by atoms with Crippen molar-refractivity contribution < 1.29 is 55.7 Å². The first-order chi connectivity index (χ1) is 18.1. The third-order valence-corrected chi connectivity index (χ3v) is 5.77. The Bertz CT molecular complexity index is 1090. The number of aliphatic carboxylic acids is 2. The summed E-state index contributed by atoms with van der Waals surface area (Å²) in [5, 5.41) is 14.2. The van der Waals surface area contributed by atoms with Crippen LogP contribution in [0.3, 0.4) is 0 Å². The minimum atomic E-state index is -5.08. The van der Waals surface area contributed by atoms with Gasteiger partial charge < -0.3 is 19.8 Å². The number of fused-ring (bicyclic) bond motifs is 1.